The Morgan fingerprint density at radius 2 is 2.00 bits per heavy atom. The van der Waals surface area contributed by atoms with Gasteiger partial charge in [0.1, 0.15) is 11.6 Å². The molecule has 8 nitrogen and oxygen atoms in total. The highest BCUT2D eigenvalue weighted by Gasteiger charge is 2.78. The second-order valence-electron chi connectivity index (χ2n) is 9.03. The molecule has 1 spiro atoms. The van der Waals surface area contributed by atoms with E-state index in [0.29, 0.717) is 19.3 Å². The van der Waals surface area contributed by atoms with E-state index in [2.05, 4.69) is 17.6 Å². The molecule has 29 heavy (non-hydrogen) atoms. The Morgan fingerprint density at radius 3 is 2.55 bits per heavy atom. The van der Waals surface area contributed by atoms with Gasteiger partial charge in [-0.3, -0.25) is 14.4 Å². The summed E-state index contributed by atoms with van der Waals surface area (Å²) in [5.74, 6) is -2.09. The van der Waals surface area contributed by atoms with Crippen LogP contribution in [0.3, 0.4) is 0 Å². The van der Waals surface area contributed by atoms with Crippen molar-refractivity contribution in [2.24, 2.45) is 11.8 Å². The molecule has 2 bridgehead atoms. The van der Waals surface area contributed by atoms with Crippen LogP contribution in [0.1, 0.15) is 59.8 Å². The van der Waals surface area contributed by atoms with Crippen LogP contribution in [-0.4, -0.2) is 70.7 Å². The van der Waals surface area contributed by atoms with Crippen molar-refractivity contribution in [3.05, 3.63) is 0 Å². The summed E-state index contributed by atoms with van der Waals surface area (Å²) < 4.78 is 6.46. The Labute approximate surface area is 172 Å². The molecule has 3 N–H and O–H groups in total. The molecule has 0 aliphatic carbocycles. The fraction of sp³-hybridized carbons (Fsp3) is 0.857. The Morgan fingerprint density at radius 1 is 1.31 bits per heavy atom. The van der Waals surface area contributed by atoms with Gasteiger partial charge in [0.05, 0.1) is 30.1 Å². The molecule has 3 saturated heterocycles. The average Bonchev–Trinajstić information content (AvgIpc) is 3.24. The second kappa shape index (κ2) is 7.87. The van der Waals surface area contributed by atoms with Crippen LogP contribution in [0, 0.1) is 11.8 Å². The van der Waals surface area contributed by atoms with E-state index in [4.69, 9.17) is 4.74 Å². The molecular weight excluding hydrogens is 374 g/mol. The molecule has 0 aromatic carbocycles. The van der Waals surface area contributed by atoms with E-state index in [0.717, 1.165) is 12.8 Å². The van der Waals surface area contributed by atoms with Crippen LogP contribution in [0.2, 0.25) is 0 Å². The first-order valence-electron chi connectivity index (χ1n) is 10.9. The monoisotopic (exact) mass is 409 g/mol. The molecule has 3 aliphatic rings. The van der Waals surface area contributed by atoms with Crippen molar-refractivity contribution in [2.75, 3.05) is 13.7 Å². The van der Waals surface area contributed by atoms with Crippen LogP contribution < -0.4 is 10.6 Å². The van der Waals surface area contributed by atoms with Gasteiger partial charge in [-0.2, -0.15) is 0 Å². The van der Waals surface area contributed by atoms with Crippen molar-refractivity contribution in [2.45, 2.75) is 89.1 Å². The molecule has 3 aliphatic heterocycles. The molecule has 0 aromatic rings. The highest BCUT2D eigenvalue weighted by atomic mass is 16.5. The maximum absolute atomic E-state index is 13.6. The van der Waals surface area contributed by atoms with Crippen molar-refractivity contribution in [3.63, 3.8) is 0 Å². The van der Waals surface area contributed by atoms with Crippen molar-refractivity contribution in [1.29, 1.82) is 0 Å². The molecular formula is C21H35N3O5. The van der Waals surface area contributed by atoms with E-state index < -0.39 is 35.1 Å². The summed E-state index contributed by atoms with van der Waals surface area (Å²) in [4.78, 5) is 41.3. The Balaban J connectivity index is 2.05. The molecule has 0 radical (unpaired) electrons. The number of fused-ring (bicyclic) bond motifs is 1. The van der Waals surface area contributed by atoms with Gasteiger partial charge in [-0.15, -0.1) is 0 Å². The highest BCUT2D eigenvalue weighted by Crippen LogP contribution is 2.63. The first-order chi connectivity index (χ1) is 13.7. The zero-order valence-corrected chi connectivity index (χ0v) is 18.2. The number of nitrogens with one attached hydrogen (secondary N) is 2. The van der Waals surface area contributed by atoms with Gasteiger partial charge in [0, 0.05) is 13.1 Å². The second-order valence-corrected chi connectivity index (χ2v) is 9.03. The van der Waals surface area contributed by atoms with Gasteiger partial charge in [0.2, 0.25) is 17.7 Å². The number of rotatable bonds is 8. The number of hydrogen-bond donors (Lipinski definition) is 3. The van der Waals surface area contributed by atoms with Gasteiger partial charge in [-0.05, 0) is 39.5 Å². The summed E-state index contributed by atoms with van der Waals surface area (Å²) in [7, 11) is 1.56. The van der Waals surface area contributed by atoms with Crippen molar-refractivity contribution < 1.29 is 24.2 Å². The van der Waals surface area contributed by atoms with Gasteiger partial charge in [0.15, 0.2) is 0 Å². The topological polar surface area (TPSA) is 108 Å². The smallest absolute Gasteiger partial charge is 0.246 e. The number of nitrogens with zero attached hydrogens (tertiary/aromatic N) is 1. The SMILES string of the molecule is CCCC(C)NC(=O)C1N([C@@H](CC)CO)C(=O)[C@@H]2[C@H](C(=O)NC)[C@]3(C)CCC12O3. The largest absolute Gasteiger partial charge is 0.394 e. The van der Waals surface area contributed by atoms with Gasteiger partial charge < -0.3 is 25.4 Å². The average molecular weight is 410 g/mol. The molecule has 7 atom stereocenters. The molecule has 164 valence electrons. The summed E-state index contributed by atoms with van der Waals surface area (Å²) in [6.07, 6.45) is 3.45. The van der Waals surface area contributed by atoms with Crippen LogP contribution >= 0.6 is 0 Å². The maximum Gasteiger partial charge on any atom is 0.246 e. The van der Waals surface area contributed by atoms with Gasteiger partial charge in [0.25, 0.3) is 0 Å². The predicted octanol–water partition coefficient (Wildman–Crippen LogP) is 0.573. The molecule has 3 heterocycles. The third-order valence-electron chi connectivity index (χ3n) is 7.18. The lowest BCUT2D eigenvalue weighted by atomic mass is 9.66. The number of amides is 3. The van der Waals surface area contributed by atoms with E-state index in [1.165, 1.54) is 4.90 Å². The molecule has 0 aromatic heterocycles. The molecule has 3 amide bonds. The summed E-state index contributed by atoms with van der Waals surface area (Å²) in [5, 5.41) is 15.6. The van der Waals surface area contributed by atoms with Gasteiger partial charge >= 0.3 is 0 Å². The summed E-state index contributed by atoms with van der Waals surface area (Å²) >= 11 is 0. The third kappa shape index (κ3) is 3.15. The fourth-order valence-electron chi connectivity index (χ4n) is 5.85. The Bertz CT molecular complexity index is 681. The number of aliphatic hydroxyl groups excluding tert-OH is 1. The molecule has 3 rings (SSSR count). The number of carbonyl (C=O) groups excluding carboxylic acids is 3. The third-order valence-corrected chi connectivity index (χ3v) is 7.18. The zero-order valence-electron chi connectivity index (χ0n) is 18.2. The van der Waals surface area contributed by atoms with E-state index in [9.17, 15) is 19.5 Å². The number of ether oxygens (including phenoxy) is 1. The minimum absolute atomic E-state index is 0.0296. The van der Waals surface area contributed by atoms with Crippen LogP contribution in [0.15, 0.2) is 0 Å². The Kier molecular flexibility index (Phi) is 5.98. The minimum Gasteiger partial charge on any atom is -0.394 e. The van der Waals surface area contributed by atoms with E-state index >= 15 is 0 Å². The van der Waals surface area contributed by atoms with Crippen molar-refractivity contribution >= 4 is 17.7 Å². The lowest BCUT2D eigenvalue weighted by Gasteiger charge is -2.37. The van der Waals surface area contributed by atoms with Crippen molar-refractivity contribution in [1.82, 2.24) is 15.5 Å². The number of hydrogen-bond acceptors (Lipinski definition) is 5. The normalized spacial score (nSPS) is 37.4. The standard InChI is InChI=1S/C21H35N3O5/c1-6-8-12(3)23-18(27)16-21-10-9-20(4,29-21)14(17(26)22-5)15(21)19(28)24(16)13(7-2)11-25/h12-16,25H,6-11H2,1-5H3,(H,22,26)(H,23,27)/t12?,13-,14+,15-,16?,20-,21?/m0/s1. The van der Waals surface area contributed by atoms with E-state index in [-0.39, 0.29) is 30.4 Å². The number of aliphatic hydroxyl groups is 1. The minimum atomic E-state index is -1.03. The number of likely N-dealkylation sites (tertiary alicyclic amines) is 1. The zero-order chi connectivity index (χ0) is 21.6. The lowest BCUT2D eigenvalue weighted by molar-refractivity contribution is -0.149. The van der Waals surface area contributed by atoms with Gasteiger partial charge in [-0.1, -0.05) is 20.3 Å². The summed E-state index contributed by atoms with van der Waals surface area (Å²) in [6, 6.07) is -1.36. The van der Waals surface area contributed by atoms with Crippen molar-refractivity contribution in [3.8, 4) is 0 Å². The molecule has 8 heteroatoms. The highest BCUT2D eigenvalue weighted by molar-refractivity contribution is 5.99. The molecule has 3 fully saturated rings. The lowest BCUT2D eigenvalue weighted by Crippen LogP contribution is -2.59. The van der Waals surface area contributed by atoms with Gasteiger partial charge in [-0.25, -0.2) is 0 Å². The quantitative estimate of drug-likeness (QED) is 0.543. The van der Waals surface area contributed by atoms with E-state index in [1.807, 2.05) is 20.8 Å². The summed E-state index contributed by atoms with van der Waals surface area (Å²) in [6.45, 7) is 7.52. The van der Waals surface area contributed by atoms with Crippen LogP contribution in [0.4, 0.5) is 0 Å². The first kappa shape index (κ1) is 22.0. The van der Waals surface area contributed by atoms with E-state index in [1.54, 1.807) is 7.05 Å². The first-order valence-corrected chi connectivity index (χ1v) is 10.9. The Hall–Kier alpha value is -1.67. The molecule has 3 unspecified atom stereocenters. The fourth-order valence-corrected chi connectivity index (χ4v) is 5.85. The summed E-state index contributed by atoms with van der Waals surface area (Å²) in [5.41, 5.74) is -1.79. The van der Waals surface area contributed by atoms with Crippen LogP contribution in [0.5, 0.6) is 0 Å². The molecule has 0 saturated carbocycles. The maximum atomic E-state index is 13.6. The van der Waals surface area contributed by atoms with Crippen LogP contribution in [-0.2, 0) is 19.1 Å². The predicted molar refractivity (Wildman–Crippen MR) is 107 cm³/mol. The van der Waals surface area contributed by atoms with Crippen LogP contribution in [0.25, 0.3) is 0 Å². The number of carbonyl (C=O) groups is 3.